The van der Waals surface area contributed by atoms with Crippen LogP contribution in [0.1, 0.15) is 26.7 Å². The molecule has 0 aliphatic rings. The van der Waals surface area contributed by atoms with Crippen molar-refractivity contribution in [2.75, 3.05) is 13.2 Å². The second kappa shape index (κ2) is 7.03. The predicted octanol–water partition coefficient (Wildman–Crippen LogP) is 1.83. The number of alkyl halides is 3. The maximum absolute atomic E-state index is 11.8. The number of nitrogens with one attached hydrogen (secondary N) is 1. The summed E-state index contributed by atoms with van der Waals surface area (Å²) in [6.45, 7) is 2.72. The van der Waals surface area contributed by atoms with E-state index in [1.807, 2.05) is 13.8 Å². The van der Waals surface area contributed by atoms with Gasteiger partial charge in [-0.2, -0.15) is 13.2 Å². The molecule has 6 heteroatoms. The lowest BCUT2D eigenvalue weighted by Crippen LogP contribution is -2.43. The standard InChI is InChI=1S/C9H19F3N2O/c1-3-4-7(2)8(14-13)5-15-6-9(10,11)12/h7-8,14H,3-6,13H2,1-2H3. The zero-order valence-electron chi connectivity index (χ0n) is 9.10. The van der Waals surface area contributed by atoms with Crippen molar-refractivity contribution in [3.05, 3.63) is 0 Å². The van der Waals surface area contributed by atoms with Gasteiger partial charge in [-0.25, -0.2) is 0 Å². The maximum atomic E-state index is 11.8. The van der Waals surface area contributed by atoms with Crippen LogP contribution in [-0.4, -0.2) is 25.4 Å². The van der Waals surface area contributed by atoms with Crippen LogP contribution in [0.25, 0.3) is 0 Å². The minimum Gasteiger partial charge on any atom is -0.370 e. The third-order valence-electron chi connectivity index (χ3n) is 2.21. The quantitative estimate of drug-likeness (QED) is 0.516. The monoisotopic (exact) mass is 228 g/mol. The van der Waals surface area contributed by atoms with Gasteiger partial charge >= 0.3 is 6.18 Å². The molecule has 2 unspecified atom stereocenters. The van der Waals surface area contributed by atoms with Gasteiger partial charge in [0.15, 0.2) is 0 Å². The highest BCUT2D eigenvalue weighted by Crippen LogP contribution is 2.16. The normalized spacial score (nSPS) is 16.4. The topological polar surface area (TPSA) is 47.3 Å². The van der Waals surface area contributed by atoms with Crippen molar-refractivity contribution in [3.63, 3.8) is 0 Å². The number of hydrogen-bond acceptors (Lipinski definition) is 3. The molecule has 0 bridgehead atoms. The highest BCUT2D eigenvalue weighted by atomic mass is 19.4. The fourth-order valence-electron chi connectivity index (χ4n) is 1.33. The Hall–Kier alpha value is -0.330. The number of rotatable bonds is 7. The predicted molar refractivity (Wildman–Crippen MR) is 52.1 cm³/mol. The molecule has 15 heavy (non-hydrogen) atoms. The van der Waals surface area contributed by atoms with Crippen LogP contribution in [-0.2, 0) is 4.74 Å². The van der Waals surface area contributed by atoms with Crippen molar-refractivity contribution in [2.45, 2.75) is 38.9 Å². The molecule has 92 valence electrons. The van der Waals surface area contributed by atoms with Crippen LogP contribution in [0, 0.1) is 5.92 Å². The van der Waals surface area contributed by atoms with E-state index in [1.165, 1.54) is 0 Å². The Morgan fingerprint density at radius 3 is 2.40 bits per heavy atom. The van der Waals surface area contributed by atoms with Crippen LogP contribution >= 0.6 is 0 Å². The highest BCUT2D eigenvalue weighted by Gasteiger charge is 2.28. The third-order valence-corrected chi connectivity index (χ3v) is 2.21. The first kappa shape index (κ1) is 14.7. The second-order valence-corrected chi connectivity index (χ2v) is 3.67. The summed E-state index contributed by atoms with van der Waals surface area (Å²) in [7, 11) is 0. The molecule has 0 radical (unpaired) electrons. The summed E-state index contributed by atoms with van der Waals surface area (Å²) in [6, 6.07) is -0.229. The summed E-state index contributed by atoms with van der Waals surface area (Å²) < 4.78 is 39.9. The Balaban J connectivity index is 3.80. The van der Waals surface area contributed by atoms with Gasteiger partial charge in [0.05, 0.1) is 6.61 Å². The van der Waals surface area contributed by atoms with Crippen LogP contribution in [0.2, 0.25) is 0 Å². The van der Waals surface area contributed by atoms with Crippen LogP contribution in [0.4, 0.5) is 13.2 Å². The van der Waals surface area contributed by atoms with Gasteiger partial charge in [-0.05, 0) is 12.3 Å². The molecule has 0 aliphatic carbocycles. The van der Waals surface area contributed by atoms with Gasteiger partial charge in [0, 0.05) is 6.04 Å². The summed E-state index contributed by atoms with van der Waals surface area (Å²) in [5.74, 6) is 5.44. The molecule has 0 saturated carbocycles. The van der Waals surface area contributed by atoms with Gasteiger partial charge in [-0.1, -0.05) is 20.3 Å². The van der Waals surface area contributed by atoms with E-state index in [0.717, 1.165) is 12.8 Å². The van der Waals surface area contributed by atoms with E-state index in [9.17, 15) is 13.2 Å². The largest absolute Gasteiger partial charge is 0.411 e. The van der Waals surface area contributed by atoms with E-state index in [4.69, 9.17) is 5.84 Å². The molecule has 0 aromatic rings. The van der Waals surface area contributed by atoms with E-state index < -0.39 is 12.8 Å². The van der Waals surface area contributed by atoms with Crippen LogP contribution in [0.3, 0.4) is 0 Å². The summed E-state index contributed by atoms with van der Waals surface area (Å²) in [4.78, 5) is 0. The Labute approximate surface area is 88.1 Å². The van der Waals surface area contributed by atoms with Crippen LogP contribution < -0.4 is 11.3 Å². The lowest BCUT2D eigenvalue weighted by molar-refractivity contribution is -0.176. The lowest BCUT2D eigenvalue weighted by Gasteiger charge is -2.22. The molecule has 3 N–H and O–H groups in total. The van der Waals surface area contributed by atoms with E-state index >= 15 is 0 Å². The van der Waals surface area contributed by atoms with Crippen molar-refractivity contribution in [1.29, 1.82) is 0 Å². The van der Waals surface area contributed by atoms with Gasteiger partial charge in [-0.3, -0.25) is 11.3 Å². The molecule has 0 aromatic carbocycles. The highest BCUT2D eigenvalue weighted by molar-refractivity contribution is 4.70. The van der Waals surface area contributed by atoms with Crippen LogP contribution in [0.5, 0.6) is 0 Å². The summed E-state index contributed by atoms with van der Waals surface area (Å²) in [6.07, 6.45) is -2.39. The molecule has 3 nitrogen and oxygen atoms in total. The first-order valence-electron chi connectivity index (χ1n) is 5.01. The molecule has 0 fully saturated rings. The van der Waals surface area contributed by atoms with E-state index in [-0.39, 0.29) is 18.6 Å². The zero-order chi connectivity index (χ0) is 11.9. The first-order valence-corrected chi connectivity index (χ1v) is 5.01. The molecular formula is C9H19F3N2O. The molecule has 0 saturated heterocycles. The lowest BCUT2D eigenvalue weighted by atomic mass is 9.98. The number of hydrogen-bond donors (Lipinski definition) is 2. The molecule has 0 rings (SSSR count). The van der Waals surface area contributed by atoms with Crippen molar-refractivity contribution in [2.24, 2.45) is 11.8 Å². The average Bonchev–Trinajstić information content (AvgIpc) is 2.11. The average molecular weight is 228 g/mol. The Morgan fingerprint density at radius 2 is 2.00 bits per heavy atom. The third kappa shape index (κ3) is 7.58. The minimum absolute atomic E-state index is 0.0167. The molecule has 0 amide bonds. The molecule has 0 aliphatic heterocycles. The van der Waals surface area contributed by atoms with Crippen molar-refractivity contribution in [3.8, 4) is 0 Å². The molecule has 0 heterocycles. The zero-order valence-corrected chi connectivity index (χ0v) is 9.10. The van der Waals surface area contributed by atoms with Crippen LogP contribution in [0.15, 0.2) is 0 Å². The molecule has 0 aromatic heterocycles. The van der Waals surface area contributed by atoms with Gasteiger partial charge in [0.25, 0.3) is 0 Å². The Kier molecular flexibility index (Phi) is 6.87. The number of ether oxygens (including phenoxy) is 1. The summed E-state index contributed by atoms with van der Waals surface area (Å²) in [5, 5.41) is 0. The fraction of sp³-hybridized carbons (Fsp3) is 1.00. The van der Waals surface area contributed by atoms with Gasteiger partial charge in [0.2, 0.25) is 0 Å². The summed E-state index contributed by atoms with van der Waals surface area (Å²) in [5.41, 5.74) is 2.48. The Morgan fingerprint density at radius 1 is 1.40 bits per heavy atom. The van der Waals surface area contributed by atoms with E-state index in [1.54, 1.807) is 0 Å². The molecule has 2 atom stereocenters. The first-order chi connectivity index (χ1) is 6.90. The van der Waals surface area contributed by atoms with Crippen molar-refractivity contribution in [1.82, 2.24) is 5.43 Å². The minimum atomic E-state index is -4.27. The van der Waals surface area contributed by atoms with Crippen molar-refractivity contribution >= 4 is 0 Å². The van der Waals surface area contributed by atoms with E-state index in [0.29, 0.717) is 0 Å². The smallest absolute Gasteiger partial charge is 0.370 e. The fourth-order valence-corrected chi connectivity index (χ4v) is 1.33. The SMILES string of the molecule is CCCC(C)C(COCC(F)(F)F)NN. The number of hydrazine groups is 1. The van der Waals surface area contributed by atoms with E-state index in [2.05, 4.69) is 10.2 Å². The molecular weight excluding hydrogens is 209 g/mol. The van der Waals surface area contributed by atoms with Gasteiger partial charge in [-0.15, -0.1) is 0 Å². The van der Waals surface area contributed by atoms with Crippen molar-refractivity contribution < 1.29 is 17.9 Å². The second-order valence-electron chi connectivity index (χ2n) is 3.67. The maximum Gasteiger partial charge on any atom is 0.411 e. The van der Waals surface area contributed by atoms with Gasteiger partial charge in [0.1, 0.15) is 6.61 Å². The van der Waals surface area contributed by atoms with Gasteiger partial charge < -0.3 is 4.74 Å². The summed E-state index contributed by atoms with van der Waals surface area (Å²) >= 11 is 0. The number of nitrogens with two attached hydrogens (primary N) is 1. The Bertz CT molecular complexity index is 164. The number of halogens is 3. The molecule has 0 spiro atoms.